The van der Waals surface area contributed by atoms with Crippen LogP contribution >= 0.6 is 11.6 Å². The van der Waals surface area contributed by atoms with Crippen molar-refractivity contribution in [1.29, 1.82) is 0 Å². The van der Waals surface area contributed by atoms with Crippen molar-refractivity contribution in [1.82, 2.24) is 24.4 Å². The summed E-state index contributed by atoms with van der Waals surface area (Å²) in [7, 11) is 1.49. The van der Waals surface area contributed by atoms with Crippen LogP contribution in [0, 0.1) is 0 Å². The van der Waals surface area contributed by atoms with E-state index in [1.54, 1.807) is 17.6 Å². The van der Waals surface area contributed by atoms with E-state index in [0.717, 1.165) is 13.1 Å². The summed E-state index contributed by atoms with van der Waals surface area (Å²) >= 11 is 6.47. The Bertz CT molecular complexity index is 1390. The summed E-state index contributed by atoms with van der Waals surface area (Å²) in [5, 5.41) is 20.2. The van der Waals surface area contributed by atoms with Crippen LogP contribution in [0.5, 0.6) is 6.01 Å². The van der Waals surface area contributed by atoms with Crippen molar-refractivity contribution in [2.45, 2.75) is 25.6 Å². The minimum atomic E-state index is -5.08. The van der Waals surface area contributed by atoms with Crippen LogP contribution in [-0.2, 0) is 16.6 Å². The maximum Gasteiger partial charge on any atom is 0.490 e. The van der Waals surface area contributed by atoms with Gasteiger partial charge in [0, 0.05) is 33.2 Å². The largest absolute Gasteiger partial charge is 0.490 e. The second-order valence-electron chi connectivity index (χ2n) is 8.02. The third-order valence-corrected chi connectivity index (χ3v) is 5.79. The number of para-hydroxylation sites is 1. The molecule has 0 spiro atoms. The number of nitrogens with one attached hydrogen (secondary N) is 1. The van der Waals surface area contributed by atoms with E-state index < -0.39 is 29.8 Å². The van der Waals surface area contributed by atoms with E-state index in [9.17, 15) is 27.9 Å². The van der Waals surface area contributed by atoms with E-state index in [4.69, 9.17) is 26.2 Å². The Labute approximate surface area is 218 Å². The lowest BCUT2D eigenvalue weighted by molar-refractivity contribution is -0.192. The summed E-state index contributed by atoms with van der Waals surface area (Å²) in [6, 6.07) is 7.12. The molecule has 16 heteroatoms. The van der Waals surface area contributed by atoms with Gasteiger partial charge in [-0.1, -0.05) is 30.7 Å². The molecule has 1 atom stereocenters. The van der Waals surface area contributed by atoms with Crippen LogP contribution in [0.15, 0.2) is 29.1 Å². The smallest absolute Gasteiger partial charge is 0.479 e. The second kappa shape index (κ2) is 11.7. The topological polar surface area (TPSA) is 152 Å². The Morgan fingerprint density at radius 3 is 2.32 bits per heavy atom. The van der Waals surface area contributed by atoms with E-state index in [-0.39, 0.29) is 23.6 Å². The van der Waals surface area contributed by atoms with Gasteiger partial charge in [0.15, 0.2) is 17.3 Å². The maximum atomic E-state index is 13.4. The first-order valence-electron chi connectivity index (χ1n) is 11.3. The zero-order valence-corrected chi connectivity index (χ0v) is 21.0. The number of rotatable bonds is 6. The molecule has 1 aromatic carbocycles. The molecule has 1 unspecified atom stereocenters. The average molecular weight is 561 g/mol. The minimum Gasteiger partial charge on any atom is -0.479 e. The first kappa shape index (κ1) is 28.7. The molecular formula is C22H24ClF3N6O6. The van der Waals surface area contributed by atoms with Crippen LogP contribution < -0.4 is 20.5 Å². The third-order valence-electron chi connectivity index (χ3n) is 5.47. The van der Waals surface area contributed by atoms with E-state index in [1.165, 1.54) is 11.6 Å². The summed E-state index contributed by atoms with van der Waals surface area (Å²) in [6.07, 6.45) is -5.97. The number of aromatic nitrogens is 4. The van der Waals surface area contributed by atoms with Gasteiger partial charge in [-0.3, -0.25) is 13.9 Å². The van der Waals surface area contributed by atoms with E-state index in [0.29, 0.717) is 29.7 Å². The van der Waals surface area contributed by atoms with Crippen LogP contribution in [0.2, 0.25) is 5.02 Å². The number of carboxylic acid groups (broad SMARTS) is 2. The summed E-state index contributed by atoms with van der Waals surface area (Å²) < 4.78 is 40.2. The van der Waals surface area contributed by atoms with Crippen LogP contribution in [0.4, 0.5) is 19.1 Å². The zero-order chi connectivity index (χ0) is 28.2. The Morgan fingerprint density at radius 1 is 1.18 bits per heavy atom. The highest BCUT2D eigenvalue weighted by atomic mass is 35.5. The summed E-state index contributed by atoms with van der Waals surface area (Å²) in [5.74, 6) is -3.33. The van der Waals surface area contributed by atoms with Crippen LogP contribution in [0.3, 0.4) is 0 Å². The maximum absolute atomic E-state index is 13.4. The van der Waals surface area contributed by atoms with E-state index in [2.05, 4.69) is 20.2 Å². The lowest BCUT2D eigenvalue weighted by Crippen LogP contribution is -2.44. The molecule has 4 rings (SSSR count). The number of imidazole rings is 1. The Hall–Kier alpha value is -3.85. The first-order valence-corrected chi connectivity index (χ1v) is 11.6. The molecule has 206 valence electrons. The number of carbonyl (C=O) groups is 2. The van der Waals surface area contributed by atoms with Crippen LogP contribution in [-0.4, -0.2) is 79.7 Å². The number of ether oxygens (including phenoxy) is 1. The van der Waals surface area contributed by atoms with Crippen molar-refractivity contribution in [2.75, 3.05) is 31.1 Å². The monoisotopic (exact) mass is 560 g/mol. The van der Waals surface area contributed by atoms with Gasteiger partial charge in [0.25, 0.3) is 5.56 Å². The molecular weight excluding hydrogens is 537 g/mol. The predicted molar refractivity (Wildman–Crippen MR) is 130 cm³/mol. The molecule has 0 saturated carbocycles. The Kier molecular flexibility index (Phi) is 8.83. The van der Waals surface area contributed by atoms with Crippen molar-refractivity contribution >= 4 is 40.7 Å². The molecule has 38 heavy (non-hydrogen) atoms. The van der Waals surface area contributed by atoms with Crippen molar-refractivity contribution < 1.29 is 37.7 Å². The van der Waals surface area contributed by atoms with Crippen molar-refractivity contribution in [3.05, 3.63) is 39.6 Å². The van der Waals surface area contributed by atoms with Crippen molar-refractivity contribution in [3.63, 3.8) is 0 Å². The van der Waals surface area contributed by atoms with Gasteiger partial charge < -0.3 is 25.2 Å². The summed E-state index contributed by atoms with van der Waals surface area (Å²) in [4.78, 5) is 44.7. The summed E-state index contributed by atoms with van der Waals surface area (Å²) in [6.45, 7) is 4.65. The molecule has 0 amide bonds. The molecule has 1 aliphatic rings. The predicted octanol–water partition coefficient (Wildman–Crippen LogP) is 2.06. The van der Waals surface area contributed by atoms with Gasteiger partial charge in [-0.05, 0) is 18.6 Å². The lowest BCUT2D eigenvalue weighted by Gasteiger charge is -2.28. The number of benzene rings is 1. The number of piperazine rings is 1. The van der Waals surface area contributed by atoms with Gasteiger partial charge in [-0.2, -0.15) is 23.1 Å². The number of nitrogens with zero attached hydrogens (tertiary/aromatic N) is 5. The molecule has 12 nitrogen and oxygen atoms in total. The Balaban J connectivity index is 0.000000505. The molecule has 1 fully saturated rings. The number of anilines is 1. The lowest BCUT2D eigenvalue weighted by atomic mass is 10.3. The van der Waals surface area contributed by atoms with Gasteiger partial charge in [0.1, 0.15) is 0 Å². The van der Waals surface area contributed by atoms with Crippen LogP contribution in [0.25, 0.3) is 16.9 Å². The number of carboxylic acids is 2. The van der Waals surface area contributed by atoms with Crippen molar-refractivity contribution in [2.24, 2.45) is 7.05 Å². The van der Waals surface area contributed by atoms with Gasteiger partial charge >= 0.3 is 24.1 Å². The Morgan fingerprint density at radius 2 is 1.79 bits per heavy atom. The average Bonchev–Trinajstić information content (AvgIpc) is 3.25. The van der Waals surface area contributed by atoms with Gasteiger partial charge in [-0.25, -0.2) is 9.59 Å². The molecule has 2 aromatic heterocycles. The first-order chi connectivity index (χ1) is 17.9. The molecule has 3 N–H and O–H groups in total. The minimum absolute atomic E-state index is 0.0950. The highest BCUT2D eigenvalue weighted by molar-refractivity contribution is 6.32. The van der Waals surface area contributed by atoms with Gasteiger partial charge in [-0.15, -0.1) is 0 Å². The fraction of sp³-hybridized carbons (Fsp3) is 0.409. The third kappa shape index (κ3) is 6.16. The highest BCUT2D eigenvalue weighted by Crippen LogP contribution is 2.30. The second-order valence-corrected chi connectivity index (χ2v) is 8.43. The van der Waals surface area contributed by atoms with E-state index >= 15 is 0 Å². The fourth-order valence-corrected chi connectivity index (χ4v) is 3.78. The number of hydrogen-bond acceptors (Lipinski definition) is 8. The number of aliphatic carboxylic acids is 2. The number of halogens is 4. The van der Waals surface area contributed by atoms with E-state index in [1.807, 2.05) is 18.2 Å². The number of alkyl halides is 3. The molecule has 0 aliphatic carbocycles. The SMILES string of the molecule is CCC(Oc1nc2nc(N3CCNCC3)n(-c3ccccc3Cl)c2c(=O)n1C)C(=O)O.O=C(O)C(F)(F)F. The quantitative estimate of drug-likeness (QED) is 0.408. The molecule has 1 aliphatic heterocycles. The molecule has 3 aromatic rings. The number of fused-ring (bicyclic) bond motifs is 1. The highest BCUT2D eigenvalue weighted by Gasteiger charge is 2.38. The molecule has 0 radical (unpaired) electrons. The zero-order valence-electron chi connectivity index (χ0n) is 20.2. The molecule has 1 saturated heterocycles. The molecule has 3 heterocycles. The van der Waals surface area contributed by atoms with Crippen molar-refractivity contribution in [3.8, 4) is 11.7 Å². The standard InChI is InChI=1S/C20H23ClN6O4.C2HF3O2/c1-3-14(18(29)30)31-20-24-16-15(17(28)25(20)2)27(13-7-5-4-6-12(13)21)19(23-16)26-10-8-22-9-11-26;3-2(4,5)1(6)7/h4-7,14,22H,3,8-11H2,1-2H3,(H,29,30);(H,6,7). The van der Waals surface area contributed by atoms with Gasteiger partial charge in [0.05, 0.1) is 10.7 Å². The van der Waals surface area contributed by atoms with Crippen LogP contribution in [0.1, 0.15) is 13.3 Å². The summed E-state index contributed by atoms with van der Waals surface area (Å²) in [5.41, 5.74) is 0.630. The normalized spacial score (nSPS) is 14.5. The molecule has 0 bridgehead atoms. The fourth-order valence-electron chi connectivity index (χ4n) is 3.56. The number of hydrogen-bond donors (Lipinski definition) is 3. The van der Waals surface area contributed by atoms with Gasteiger partial charge in [0.2, 0.25) is 5.95 Å².